The normalized spacial score (nSPS) is 8.71. The monoisotopic (exact) mass is 100 g/mol. The van der Waals surface area contributed by atoms with Gasteiger partial charge in [-0.25, -0.2) is 0 Å². The van der Waals surface area contributed by atoms with Crippen LogP contribution in [0.15, 0.2) is 6.20 Å². The van der Waals surface area contributed by atoms with E-state index in [2.05, 4.69) is 20.6 Å². The van der Waals surface area contributed by atoms with Gasteiger partial charge in [0.2, 0.25) is 0 Å². The summed E-state index contributed by atoms with van der Waals surface area (Å²) < 4.78 is 11.6. The Labute approximate surface area is 38.4 Å². The predicted molar refractivity (Wildman–Crippen MR) is 17.6 cm³/mol. The van der Waals surface area contributed by atoms with E-state index in [1.54, 1.807) is 0 Å². The molecule has 7 heavy (non-hydrogen) atoms. The second-order valence-corrected chi connectivity index (χ2v) is 0.846. The van der Waals surface area contributed by atoms with Crippen molar-refractivity contribution < 1.29 is 4.39 Å². The van der Waals surface area contributed by atoms with Gasteiger partial charge in [-0.15, -0.1) is 5.10 Å². The highest BCUT2D eigenvalue weighted by atomic mass is 19.1. The van der Waals surface area contributed by atoms with Crippen LogP contribution in [0.4, 0.5) is 4.39 Å². The highest BCUT2D eigenvalue weighted by molar-refractivity contribution is 4.61. The Balaban J connectivity index is 3.02. The van der Waals surface area contributed by atoms with Crippen LogP contribution in [-0.2, 0) is 0 Å². The first-order valence-corrected chi connectivity index (χ1v) is 1.56. The third-order valence-electron chi connectivity index (χ3n) is 0.396. The molecule has 1 aromatic heterocycles. The molecule has 0 aliphatic rings. The molecule has 1 heterocycles. The fraction of sp³-hybridized carbons (Fsp3) is 0. The van der Waals surface area contributed by atoms with Crippen molar-refractivity contribution in [2.24, 2.45) is 0 Å². The molecule has 0 bridgehead atoms. The minimum absolute atomic E-state index is 0.713. The van der Waals surface area contributed by atoms with Crippen molar-refractivity contribution >= 4 is 0 Å². The van der Waals surface area contributed by atoms with Gasteiger partial charge in [0.25, 0.3) is 5.95 Å². The van der Waals surface area contributed by atoms with Crippen LogP contribution in [0.5, 0.6) is 0 Å². The highest BCUT2D eigenvalue weighted by Gasteiger charge is 1.83. The van der Waals surface area contributed by atoms with E-state index in [1.165, 1.54) is 0 Å². The van der Waals surface area contributed by atoms with Gasteiger partial charge in [0.05, 0.1) is 0 Å². The van der Waals surface area contributed by atoms with Crippen LogP contribution in [0.2, 0.25) is 0 Å². The van der Waals surface area contributed by atoms with E-state index in [1.807, 2.05) is 0 Å². The van der Waals surface area contributed by atoms with Gasteiger partial charge < -0.3 is 0 Å². The predicted octanol–water partition coefficient (Wildman–Crippen LogP) is -0.594. The first kappa shape index (κ1) is 4.04. The standard InChI is InChI=1S/C2HFN4/c3-2-1-4-6-7-5-2/h1H. The first-order valence-electron chi connectivity index (χ1n) is 1.56. The molecule has 0 fully saturated rings. The molecule has 1 aromatic rings. The Hall–Kier alpha value is -1.13. The van der Waals surface area contributed by atoms with Crippen molar-refractivity contribution in [3.05, 3.63) is 12.1 Å². The van der Waals surface area contributed by atoms with Crippen molar-refractivity contribution in [1.82, 2.24) is 20.6 Å². The zero-order valence-corrected chi connectivity index (χ0v) is 3.24. The number of nitrogens with zero attached hydrogens (tertiary/aromatic N) is 4. The first-order chi connectivity index (χ1) is 3.39. The Morgan fingerprint density at radius 1 is 1.43 bits per heavy atom. The summed E-state index contributed by atoms with van der Waals surface area (Å²) in [5.41, 5.74) is 0. The van der Waals surface area contributed by atoms with Crippen LogP contribution < -0.4 is 0 Å². The van der Waals surface area contributed by atoms with Crippen LogP contribution in [-0.4, -0.2) is 20.6 Å². The van der Waals surface area contributed by atoms with Gasteiger partial charge >= 0.3 is 0 Å². The molecular weight excluding hydrogens is 99.0 g/mol. The van der Waals surface area contributed by atoms with E-state index in [-0.39, 0.29) is 0 Å². The topological polar surface area (TPSA) is 51.6 Å². The minimum Gasteiger partial charge on any atom is -0.181 e. The SMILES string of the molecule is Fc1cnnnn1. The Morgan fingerprint density at radius 3 is 2.57 bits per heavy atom. The fourth-order valence-corrected chi connectivity index (χ4v) is 0.185. The average molecular weight is 100 g/mol. The highest BCUT2D eigenvalue weighted by Crippen LogP contribution is 1.76. The fourth-order valence-electron chi connectivity index (χ4n) is 0.185. The molecule has 4 nitrogen and oxygen atoms in total. The summed E-state index contributed by atoms with van der Waals surface area (Å²) >= 11 is 0. The molecule has 1 rings (SSSR count). The molecule has 0 saturated heterocycles. The molecule has 0 saturated carbocycles. The molecule has 0 amide bonds. The van der Waals surface area contributed by atoms with Crippen molar-refractivity contribution in [2.45, 2.75) is 0 Å². The lowest BCUT2D eigenvalue weighted by Crippen LogP contribution is -1.91. The minimum atomic E-state index is -0.713. The molecule has 0 radical (unpaired) electrons. The molecule has 0 aliphatic carbocycles. The number of halogens is 1. The molecule has 0 aliphatic heterocycles. The van der Waals surface area contributed by atoms with Crippen molar-refractivity contribution in [1.29, 1.82) is 0 Å². The summed E-state index contributed by atoms with van der Waals surface area (Å²) in [6.45, 7) is 0. The maximum atomic E-state index is 11.6. The van der Waals surface area contributed by atoms with Crippen LogP contribution in [0, 0.1) is 5.95 Å². The van der Waals surface area contributed by atoms with Gasteiger partial charge in [-0.1, -0.05) is 5.10 Å². The lowest BCUT2D eigenvalue weighted by atomic mass is 10.9. The van der Waals surface area contributed by atoms with E-state index in [4.69, 9.17) is 0 Å². The zero-order chi connectivity index (χ0) is 5.11. The van der Waals surface area contributed by atoms with Gasteiger partial charge in [0, 0.05) is 0 Å². The van der Waals surface area contributed by atoms with E-state index >= 15 is 0 Å². The average Bonchev–Trinajstić information content (AvgIpc) is 1.69. The molecule has 0 unspecified atom stereocenters. The number of aromatic nitrogens is 4. The molecular formula is C2HFN4. The van der Waals surface area contributed by atoms with Gasteiger partial charge in [0.1, 0.15) is 6.20 Å². The summed E-state index contributed by atoms with van der Waals surface area (Å²) in [7, 11) is 0. The number of hydrogen-bond acceptors (Lipinski definition) is 4. The van der Waals surface area contributed by atoms with Crippen LogP contribution in [0.1, 0.15) is 0 Å². The summed E-state index contributed by atoms with van der Waals surface area (Å²) in [5, 5.41) is 11.9. The van der Waals surface area contributed by atoms with Gasteiger partial charge in [-0.3, -0.25) is 0 Å². The zero-order valence-electron chi connectivity index (χ0n) is 3.24. The van der Waals surface area contributed by atoms with E-state index in [0.717, 1.165) is 6.20 Å². The Morgan fingerprint density at radius 2 is 2.29 bits per heavy atom. The largest absolute Gasteiger partial charge is 0.255 e. The Bertz CT molecular complexity index is 140. The summed E-state index contributed by atoms with van der Waals surface area (Å²) in [4.78, 5) is 0. The smallest absolute Gasteiger partial charge is 0.181 e. The third-order valence-corrected chi connectivity index (χ3v) is 0.396. The lowest BCUT2D eigenvalue weighted by Gasteiger charge is -1.74. The van der Waals surface area contributed by atoms with Crippen molar-refractivity contribution in [3.63, 3.8) is 0 Å². The molecule has 36 valence electrons. The molecule has 0 aromatic carbocycles. The lowest BCUT2D eigenvalue weighted by molar-refractivity contribution is 0.527. The molecule has 0 spiro atoms. The van der Waals surface area contributed by atoms with Crippen molar-refractivity contribution in [3.8, 4) is 0 Å². The van der Waals surface area contributed by atoms with Gasteiger partial charge in [-0.2, -0.15) is 4.39 Å². The Kier molecular flexibility index (Phi) is 0.892. The quantitative estimate of drug-likeness (QED) is 0.437. The number of rotatable bonds is 0. The summed E-state index contributed by atoms with van der Waals surface area (Å²) in [6, 6.07) is 0. The second-order valence-electron chi connectivity index (χ2n) is 0.846. The summed E-state index contributed by atoms with van der Waals surface area (Å²) in [5.74, 6) is -0.713. The molecule has 0 N–H and O–H groups in total. The van der Waals surface area contributed by atoms with Crippen LogP contribution in [0.3, 0.4) is 0 Å². The van der Waals surface area contributed by atoms with Crippen LogP contribution >= 0.6 is 0 Å². The van der Waals surface area contributed by atoms with Crippen molar-refractivity contribution in [2.75, 3.05) is 0 Å². The van der Waals surface area contributed by atoms with Crippen LogP contribution in [0.25, 0.3) is 0 Å². The van der Waals surface area contributed by atoms with Gasteiger partial charge in [0.15, 0.2) is 0 Å². The maximum absolute atomic E-state index is 11.6. The maximum Gasteiger partial charge on any atom is 0.255 e. The molecule has 0 atom stereocenters. The number of hydrogen-bond donors (Lipinski definition) is 0. The molecule has 5 heteroatoms. The van der Waals surface area contributed by atoms with E-state index in [9.17, 15) is 4.39 Å². The third kappa shape index (κ3) is 0.850. The van der Waals surface area contributed by atoms with E-state index < -0.39 is 5.95 Å². The second kappa shape index (κ2) is 1.55. The van der Waals surface area contributed by atoms with E-state index in [0.29, 0.717) is 0 Å². The summed E-state index contributed by atoms with van der Waals surface area (Å²) in [6.07, 6.45) is 0.882. The van der Waals surface area contributed by atoms with Gasteiger partial charge in [-0.05, 0) is 10.4 Å².